The minimum Gasteiger partial charge on any atom is -0.228 e. The Balaban J connectivity index is 2.29. The van der Waals surface area contributed by atoms with Crippen molar-refractivity contribution in [2.24, 2.45) is 5.11 Å². The second-order valence-electron chi connectivity index (χ2n) is 3.51. The summed E-state index contributed by atoms with van der Waals surface area (Å²) in [6.07, 6.45) is 0. The third-order valence-corrected chi connectivity index (χ3v) is 4.94. The fourth-order valence-electron chi connectivity index (χ4n) is 1.48. The van der Waals surface area contributed by atoms with Crippen LogP contribution in [0.1, 0.15) is 0 Å². The van der Waals surface area contributed by atoms with E-state index in [2.05, 4.69) is 10.0 Å². The highest BCUT2D eigenvalue weighted by Crippen LogP contribution is 2.35. The summed E-state index contributed by atoms with van der Waals surface area (Å²) in [6.45, 7) is 0. The SMILES string of the molecule is [N-]=[N+]=NC1=C(Sc2ccccc2)CS(=O)(=O)C1. The van der Waals surface area contributed by atoms with Crippen LogP contribution in [0, 0.1) is 0 Å². The molecule has 0 radical (unpaired) electrons. The van der Waals surface area contributed by atoms with Gasteiger partial charge in [0.25, 0.3) is 0 Å². The zero-order valence-corrected chi connectivity index (χ0v) is 10.4. The van der Waals surface area contributed by atoms with E-state index < -0.39 is 9.84 Å². The van der Waals surface area contributed by atoms with Gasteiger partial charge in [0.1, 0.15) is 0 Å². The predicted octanol–water partition coefficient (Wildman–Crippen LogP) is 2.73. The van der Waals surface area contributed by atoms with Gasteiger partial charge in [-0.05, 0) is 17.7 Å². The van der Waals surface area contributed by atoms with Crippen molar-refractivity contribution >= 4 is 21.6 Å². The van der Waals surface area contributed by atoms with Crippen LogP contribution in [-0.4, -0.2) is 19.9 Å². The Morgan fingerprint density at radius 2 is 1.94 bits per heavy atom. The molecule has 1 aliphatic rings. The van der Waals surface area contributed by atoms with Crippen molar-refractivity contribution in [3.05, 3.63) is 51.4 Å². The first-order chi connectivity index (χ1) is 8.11. The lowest BCUT2D eigenvalue weighted by Gasteiger charge is -2.01. The van der Waals surface area contributed by atoms with Crippen molar-refractivity contribution in [3.8, 4) is 0 Å². The van der Waals surface area contributed by atoms with Crippen molar-refractivity contribution in [1.29, 1.82) is 0 Å². The molecular formula is C10H9N3O2S2. The first-order valence-corrected chi connectivity index (χ1v) is 7.45. The second-order valence-corrected chi connectivity index (χ2v) is 6.74. The fraction of sp³-hybridized carbons (Fsp3) is 0.200. The average Bonchev–Trinajstić information content (AvgIpc) is 2.55. The lowest BCUT2D eigenvalue weighted by molar-refractivity contribution is 0.603. The van der Waals surface area contributed by atoms with E-state index in [1.54, 1.807) is 0 Å². The summed E-state index contributed by atoms with van der Waals surface area (Å²) in [5.74, 6) is -0.201. The van der Waals surface area contributed by atoms with E-state index in [0.717, 1.165) is 4.90 Å². The van der Waals surface area contributed by atoms with E-state index in [1.807, 2.05) is 30.3 Å². The first-order valence-electron chi connectivity index (χ1n) is 4.81. The summed E-state index contributed by atoms with van der Waals surface area (Å²) in [5, 5.41) is 3.46. The molecular weight excluding hydrogens is 258 g/mol. The quantitative estimate of drug-likeness (QED) is 0.479. The molecule has 88 valence electrons. The van der Waals surface area contributed by atoms with Gasteiger partial charge in [-0.25, -0.2) is 8.42 Å². The minimum atomic E-state index is -3.15. The molecule has 0 saturated carbocycles. The van der Waals surface area contributed by atoms with E-state index in [1.165, 1.54) is 11.8 Å². The molecule has 0 aromatic heterocycles. The Kier molecular flexibility index (Phi) is 3.42. The molecule has 5 nitrogen and oxygen atoms in total. The first kappa shape index (κ1) is 12.0. The molecule has 0 spiro atoms. The van der Waals surface area contributed by atoms with Gasteiger partial charge in [-0.15, -0.1) is 0 Å². The smallest absolute Gasteiger partial charge is 0.159 e. The Morgan fingerprint density at radius 3 is 2.59 bits per heavy atom. The normalized spacial score (nSPS) is 17.9. The highest BCUT2D eigenvalue weighted by Gasteiger charge is 2.27. The maximum atomic E-state index is 11.5. The van der Waals surface area contributed by atoms with Crippen LogP contribution < -0.4 is 0 Å². The summed E-state index contributed by atoms with van der Waals surface area (Å²) in [7, 11) is -3.15. The molecule has 0 fully saturated rings. The van der Waals surface area contributed by atoms with E-state index in [4.69, 9.17) is 5.53 Å². The van der Waals surface area contributed by atoms with Gasteiger partial charge in [0, 0.05) is 20.4 Å². The summed E-state index contributed by atoms with van der Waals surface area (Å²) < 4.78 is 23.0. The number of azide groups is 1. The number of rotatable bonds is 3. The van der Waals surface area contributed by atoms with Gasteiger partial charge in [0.05, 0.1) is 11.5 Å². The van der Waals surface area contributed by atoms with E-state index in [-0.39, 0.29) is 11.5 Å². The van der Waals surface area contributed by atoms with Gasteiger partial charge in [0.15, 0.2) is 9.84 Å². The summed E-state index contributed by atoms with van der Waals surface area (Å²) in [6, 6.07) is 9.41. The van der Waals surface area contributed by atoms with Crippen molar-refractivity contribution in [2.45, 2.75) is 4.90 Å². The molecule has 0 amide bonds. The third kappa shape index (κ3) is 3.03. The standard InChI is InChI=1S/C10H9N3O2S2/c11-13-12-9-6-17(14,15)7-10(9)16-8-4-2-1-3-5-8/h1-5H,6-7H2. The summed E-state index contributed by atoms with van der Waals surface area (Å²) in [4.78, 5) is 4.22. The third-order valence-electron chi connectivity index (χ3n) is 2.18. The molecule has 0 atom stereocenters. The van der Waals surface area contributed by atoms with Crippen LogP contribution >= 0.6 is 11.8 Å². The molecule has 0 unspecified atom stereocenters. The van der Waals surface area contributed by atoms with E-state index in [0.29, 0.717) is 10.6 Å². The van der Waals surface area contributed by atoms with Crippen LogP contribution in [0.25, 0.3) is 10.4 Å². The molecule has 7 heteroatoms. The van der Waals surface area contributed by atoms with Crippen molar-refractivity contribution in [2.75, 3.05) is 11.5 Å². The Morgan fingerprint density at radius 1 is 1.24 bits per heavy atom. The summed E-state index contributed by atoms with van der Waals surface area (Å²) in [5.41, 5.74) is 8.72. The van der Waals surface area contributed by atoms with Gasteiger partial charge in [-0.2, -0.15) is 0 Å². The highest BCUT2D eigenvalue weighted by atomic mass is 32.2. The molecule has 1 heterocycles. The largest absolute Gasteiger partial charge is 0.228 e. The zero-order valence-electron chi connectivity index (χ0n) is 8.78. The Hall–Kier alpha value is -1.43. The van der Waals surface area contributed by atoms with E-state index in [9.17, 15) is 8.42 Å². The maximum Gasteiger partial charge on any atom is 0.159 e. The lowest BCUT2D eigenvalue weighted by Crippen LogP contribution is -2.02. The van der Waals surface area contributed by atoms with Gasteiger partial charge >= 0.3 is 0 Å². The van der Waals surface area contributed by atoms with Crippen molar-refractivity contribution in [1.82, 2.24) is 0 Å². The monoisotopic (exact) mass is 267 g/mol. The lowest BCUT2D eigenvalue weighted by atomic mass is 10.4. The van der Waals surface area contributed by atoms with Crippen LogP contribution in [0.15, 0.2) is 50.9 Å². The second kappa shape index (κ2) is 4.83. The molecule has 0 saturated heterocycles. The number of thioether (sulfide) groups is 1. The average molecular weight is 267 g/mol. The molecule has 1 aromatic carbocycles. The van der Waals surface area contributed by atoms with E-state index >= 15 is 0 Å². The number of hydrogen-bond acceptors (Lipinski definition) is 4. The zero-order chi connectivity index (χ0) is 12.3. The van der Waals surface area contributed by atoms with Crippen LogP contribution in [0.3, 0.4) is 0 Å². The van der Waals surface area contributed by atoms with Crippen LogP contribution in [-0.2, 0) is 9.84 Å². The topological polar surface area (TPSA) is 82.9 Å². The van der Waals surface area contributed by atoms with Crippen LogP contribution in [0.2, 0.25) is 0 Å². The molecule has 1 aliphatic heterocycles. The number of sulfone groups is 1. The van der Waals surface area contributed by atoms with Gasteiger partial charge in [-0.3, -0.25) is 0 Å². The Labute approximate surface area is 103 Å². The van der Waals surface area contributed by atoms with Crippen LogP contribution in [0.5, 0.6) is 0 Å². The summed E-state index contributed by atoms with van der Waals surface area (Å²) >= 11 is 1.34. The van der Waals surface area contributed by atoms with Crippen LogP contribution in [0.4, 0.5) is 0 Å². The molecule has 0 aliphatic carbocycles. The van der Waals surface area contributed by atoms with Gasteiger partial charge in [-0.1, -0.05) is 35.1 Å². The van der Waals surface area contributed by atoms with Crippen molar-refractivity contribution < 1.29 is 8.42 Å². The predicted molar refractivity (Wildman–Crippen MR) is 67.1 cm³/mol. The van der Waals surface area contributed by atoms with Gasteiger partial charge < -0.3 is 0 Å². The van der Waals surface area contributed by atoms with Crippen molar-refractivity contribution in [3.63, 3.8) is 0 Å². The number of hydrogen-bond donors (Lipinski definition) is 0. The highest BCUT2D eigenvalue weighted by molar-refractivity contribution is 8.05. The number of benzene rings is 1. The molecule has 0 N–H and O–H groups in total. The molecule has 2 rings (SSSR count). The Bertz CT molecular complexity index is 602. The van der Waals surface area contributed by atoms with Gasteiger partial charge in [0.2, 0.25) is 0 Å². The maximum absolute atomic E-state index is 11.5. The molecule has 1 aromatic rings. The minimum absolute atomic E-state index is 0.0408. The molecule has 0 bridgehead atoms. The fourth-order valence-corrected chi connectivity index (χ4v) is 4.47. The molecule has 17 heavy (non-hydrogen) atoms. The number of nitrogens with zero attached hydrogens (tertiary/aromatic N) is 3.